The molecule has 0 aromatic heterocycles. The van der Waals surface area contributed by atoms with Crippen LogP contribution in [0.1, 0.15) is 74.7 Å². The zero-order valence-corrected chi connectivity index (χ0v) is 18.5. The average Bonchev–Trinajstić information content (AvgIpc) is 3.14. The molecular formula is C23H38O4. The van der Waals surface area contributed by atoms with E-state index in [1.165, 1.54) is 0 Å². The summed E-state index contributed by atoms with van der Waals surface area (Å²) in [5, 5.41) is 0. The number of hydrogen-bond donors (Lipinski definition) is 0. The van der Waals surface area contributed by atoms with E-state index >= 15 is 0 Å². The Morgan fingerprint density at radius 2 is 1.15 bits per heavy atom. The third-order valence-corrected chi connectivity index (χ3v) is 6.26. The number of rotatable bonds is 6. The third kappa shape index (κ3) is 3.69. The van der Waals surface area contributed by atoms with Gasteiger partial charge in [-0.15, -0.1) is 0 Å². The van der Waals surface area contributed by atoms with Crippen LogP contribution in [0.25, 0.3) is 0 Å². The Morgan fingerprint density at radius 1 is 0.815 bits per heavy atom. The van der Waals surface area contributed by atoms with Gasteiger partial charge in [-0.05, 0) is 41.9 Å². The SMILES string of the molecule is CCC1(C(=O)OCC(C)(C)C)[C@@H]2C=C[C@H](C2)C1(CC)C(=O)OCC(C)(C)C. The van der Waals surface area contributed by atoms with Crippen LogP contribution >= 0.6 is 0 Å². The molecule has 0 saturated heterocycles. The molecular weight excluding hydrogens is 340 g/mol. The lowest BCUT2D eigenvalue weighted by Crippen LogP contribution is -2.56. The maximum Gasteiger partial charge on any atom is 0.313 e. The van der Waals surface area contributed by atoms with Crippen molar-refractivity contribution >= 4 is 11.9 Å². The Labute approximate surface area is 165 Å². The van der Waals surface area contributed by atoms with Crippen LogP contribution in [0.4, 0.5) is 0 Å². The molecule has 0 amide bonds. The van der Waals surface area contributed by atoms with E-state index < -0.39 is 10.8 Å². The first kappa shape index (κ1) is 22.0. The smallest absolute Gasteiger partial charge is 0.313 e. The number of allylic oxidation sites excluding steroid dienone is 2. The van der Waals surface area contributed by atoms with E-state index in [1.807, 2.05) is 55.4 Å². The fourth-order valence-corrected chi connectivity index (χ4v) is 5.02. The van der Waals surface area contributed by atoms with Gasteiger partial charge in [-0.2, -0.15) is 0 Å². The van der Waals surface area contributed by atoms with E-state index in [0.717, 1.165) is 6.42 Å². The van der Waals surface area contributed by atoms with E-state index in [4.69, 9.17) is 9.47 Å². The largest absolute Gasteiger partial charge is 0.465 e. The number of carbonyl (C=O) groups is 2. The molecule has 1 saturated carbocycles. The molecule has 0 aliphatic heterocycles. The number of carbonyl (C=O) groups excluding carboxylic acids is 2. The maximum absolute atomic E-state index is 13.5. The predicted octanol–water partition coefficient (Wildman–Crippen LogP) is 5.16. The van der Waals surface area contributed by atoms with Crippen LogP contribution < -0.4 is 0 Å². The number of ether oxygens (including phenoxy) is 2. The molecule has 2 bridgehead atoms. The molecule has 4 heteroatoms. The van der Waals surface area contributed by atoms with Gasteiger partial charge in [-0.1, -0.05) is 67.5 Å². The van der Waals surface area contributed by atoms with Crippen molar-refractivity contribution < 1.29 is 19.1 Å². The lowest BCUT2D eigenvalue weighted by Gasteiger charge is -2.47. The van der Waals surface area contributed by atoms with E-state index in [0.29, 0.717) is 26.1 Å². The molecule has 0 heterocycles. The summed E-state index contributed by atoms with van der Waals surface area (Å²) in [7, 11) is 0. The number of esters is 2. The minimum atomic E-state index is -0.832. The summed E-state index contributed by atoms with van der Waals surface area (Å²) in [6.45, 7) is 17.0. The van der Waals surface area contributed by atoms with Gasteiger partial charge in [-0.25, -0.2) is 0 Å². The highest BCUT2D eigenvalue weighted by molar-refractivity contribution is 5.91. The zero-order chi connectivity index (χ0) is 20.7. The van der Waals surface area contributed by atoms with Crippen LogP contribution in [0, 0.1) is 33.5 Å². The van der Waals surface area contributed by atoms with Crippen molar-refractivity contribution in [3.05, 3.63) is 12.2 Å². The van der Waals surface area contributed by atoms with Gasteiger partial charge in [0, 0.05) is 0 Å². The molecule has 154 valence electrons. The molecule has 0 radical (unpaired) electrons. The summed E-state index contributed by atoms with van der Waals surface area (Å²) in [4.78, 5) is 26.9. The highest BCUT2D eigenvalue weighted by Gasteiger charge is 2.72. The fourth-order valence-electron chi connectivity index (χ4n) is 5.02. The minimum Gasteiger partial charge on any atom is -0.465 e. The first-order valence-electron chi connectivity index (χ1n) is 10.4. The monoisotopic (exact) mass is 378 g/mol. The van der Waals surface area contributed by atoms with E-state index in [1.54, 1.807) is 0 Å². The Morgan fingerprint density at radius 3 is 1.41 bits per heavy atom. The topological polar surface area (TPSA) is 52.6 Å². The van der Waals surface area contributed by atoms with E-state index in [2.05, 4.69) is 12.2 Å². The maximum atomic E-state index is 13.5. The Balaban J connectivity index is 2.42. The fraction of sp³-hybridized carbons (Fsp3) is 0.826. The van der Waals surface area contributed by atoms with Gasteiger partial charge < -0.3 is 9.47 Å². The highest BCUT2D eigenvalue weighted by atomic mass is 16.5. The Bertz CT molecular complexity index is 555. The van der Waals surface area contributed by atoms with Crippen molar-refractivity contribution in [2.45, 2.75) is 74.7 Å². The standard InChI is InChI=1S/C23H38O4/c1-9-22(18(24)26-14-20(3,4)5)16-11-12-17(13-16)23(22,10-2)19(25)27-15-21(6,7)8/h11-12,16-17H,9-10,13-15H2,1-8H3/t16-,17-,22?,23?/m1/s1. The van der Waals surface area contributed by atoms with Crippen molar-refractivity contribution in [3.63, 3.8) is 0 Å². The quantitative estimate of drug-likeness (QED) is 0.473. The van der Waals surface area contributed by atoms with Crippen LogP contribution in [0.15, 0.2) is 12.2 Å². The summed E-state index contributed by atoms with van der Waals surface area (Å²) in [6, 6.07) is 0. The number of hydrogen-bond acceptors (Lipinski definition) is 4. The van der Waals surface area contributed by atoms with Gasteiger partial charge in [0.1, 0.15) is 0 Å². The second kappa shape index (κ2) is 7.25. The normalized spacial score (nSPS) is 32.6. The van der Waals surface area contributed by atoms with Gasteiger partial charge >= 0.3 is 11.9 Å². The molecule has 2 unspecified atom stereocenters. The van der Waals surface area contributed by atoms with E-state index in [9.17, 15) is 9.59 Å². The molecule has 4 atom stereocenters. The third-order valence-electron chi connectivity index (χ3n) is 6.26. The van der Waals surface area contributed by atoms with Crippen LogP contribution in [-0.4, -0.2) is 25.2 Å². The van der Waals surface area contributed by atoms with Crippen molar-refractivity contribution in [2.75, 3.05) is 13.2 Å². The Hall–Kier alpha value is -1.32. The summed E-state index contributed by atoms with van der Waals surface area (Å²) in [6.07, 6.45) is 6.24. The molecule has 2 aliphatic rings. The molecule has 0 aromatic carbocycles. The van der Waals surface area contributed by atoms with Gasteiger partial charge in [0.2, 0.25) is 0 Å². The summed E-state index contributed by atoms with van der Waals surface area (Å²) >= 11 is 0. The van der Waals surface area contributed by atoms with Crippen molar-refractivity contribution in [1.29, 1.82) is 0 Å². The van der Waals surface area contributed by atoms with Crippen molar-refractivity contribution in [2.24, 2.45) is 33.5 Å². The van der Waals surface area contributed by atoms with Crippen molar-refractivity contribution in [1.82, 2.24) is 0 Å². The van der Waals surface area contributed by atoms with Crippen LogP contribution in [0.2, 0.25) is 0 Å². The highest BCUT2D eigenvalue weighted by Crippen LogP contribution is 2.67. The Kier molecular flexibility index (Phi) is 5.90. The second-order valence-electron chi connectivity index (χ2n) is 10.8. The molecule has 0 N–H and O–H groups in total. The summed E-state index contributed by atoms with van der Waals surface area (Å²) in [5.41, 5.74) is -1.89. The molecule has 0 aromatic rings. The first-order valence-corrected chi connectivity index (χ1v) is 10.4. The van der Waals surface area contributed by atoms with Crippen LogP contribution in [0.3, 0.4) is 0 Å². The van der Waals surface area contributed by atoms with Gasteiger partial charge in [0.15, 0.2) is 0 Å². The lowest BCUT2D eigenvalue weighted by molar-refractivity contribution is -0.188. The lowest BCUT2D eigenvalue weighted by atomic mass is 9.55. The van der Waals surface area contributed by atoms with Gasteiger partial charge in [-0.3, -0.25) is 9.59 Å². The molecule has 1 fully saturated rings. The molecule has 2 rings (SSSR count). The molecule has 0 spiro atoms. The first-order chi connectivity index (χ1) is 12.3. The van der Waals surface area contributed by atoms with Gasteiger partial charge in [0.25, 0.3) is 0 Å². The average molecular weight is 379 g/mol. The van der Waals surface area contributed by atoms with Crippen LogP contribution in [-0.2, 0) is 19.1 Å². The molecule has 27 heavy (non-hydrogen) atoms. The summed E-state index contributed by atoms with van der Waals surface area (Å²) in [5.74, 6) is -0.373. The zero-order valence-electron chi connectivity index (χ0n) is 18.5. The van der Waals surface area contributed by atoms with E-state index in [-0.39, 0.29) is 34.6 Å². The molecule has 4 nitrogen and oxygen atoms in total. The second-order valence-corrected chi connectivity index (χ2v) is 10.8. The summed E-state index contributed by atoms with van der Waals surface area (Å²) < 4.78 is 11.6. The minimum absolute atomic E-state index is 0.0436. The van der Waals surface area contributed by atoms with Crippen molar-refractivity contribution in [3.8, 4) is 0 Å². The molecule has 2 aliphatic carbocycles. The number of fused-ring (bicyclic) bond motifs is 2. The predicted molar refractivity (Wildman–Crippen MR) is 107 cm³/mol. The van der Waals surface area contributed by atoms with Crippen LogP contribution in [0.5, 0.6) is 0 Å². The van der Waals surface area contributed by atoms with Gasteiger partial charge in [0.05, 0.1) is 24.0 Å².